The molecule has 2 heterocycles. The Morgan fingerprint density at radius 1 is 1.14 bits per heavy atom. The molecule has 36 heavy (non-hydrogen) atoms. The summed E-state index contributed by atoms with van der Waals surface area (Å²) >= 11 is 3.07. The minimum atomic E-state index is -4.87. The molecule has 0 bridgehead atoms. The average molecular weight is 586 g/mol. The van der Waals surface area contributed by atoms with Crippen molar-refractivity contribution in [1.29, 1.82) is 0 Å². The first-order valence-electron chi connectivity index (χ1n) is 9.81. The molecule has 194 valence electrons. The molecule has 1 aromatic carbocycles. The first-order valence-corrected chi connectivity index (χ1v) is 10.6. The van der Waals surface area contributed by atoms with Crippen LogP contribution < -0.4 is 14.8 Å². The van der Waals surface area contributed by atoms with Gasteiger partial charge >= 0.3 is 12.8 Å². The van der Waals surface area contributed by atoms with Gasteiger partial charge < -0.3 is 14.8 Å². The second kappa shape index (κ2) is 11.1. The van der Waals surface area contributed by atoms with E-state index in [1.54, 1.807) is 0 Å². The van der Waals surface area contributed by atoms with Crippen molar-refractivity contribution in [2.45, 2.75) is 32.2 Å². The predicted octanol–water partition coefficient (Wildman–Crippen LogP) is 5.18. The van der Waals surface area contributed by atoms with Crippen molar-refractivity contribution < 1.29 is 45.0 Å². The monoisotopic (exact) mass is 585 g/mol. The van der Waals surface area contributed by atoms with E-state index in [1.807, 2.05) is 0 Å². The summed E-state index contributed by atoms with van der Waals surface area (Å²) in [4.78, 5) is 20.8. The fourth-order valence-corrected chi connectivity index (χ4v) is 3.24. The molecule has 0 saturated heterocycles. The lowest BCUT2D eigenvalue weighted by Crippen LogP contribution is -2.29. The maximum absolute atomic E-state index is 13.3. The molecule has 0 radical (unpaired) electrons. The van der Waals surface area contributed by atoms with Crippen LogP contribution in [0.2, 0.25) is 0 Å². The molecular weight excluding hydrogens is 571 g/mol. The van der Waals surface area contributed by atoms with Gasteiger partial charge in [0.05, 0.1) is 17.8 Å². The molecule has 1 amide bonds. The molecule has 0 aliphatic carbocycles. The Kier molecular flexibility index (Phi) is 8.37. The zero-order valence-electron chi connectivity index (χ0n) is 17.9. The molecular formula is C20H15BrF7N5O3. The number of amides is 1. The zero-order valence-corrected chi connectivity index (χ0v) is 19.5. The van der Waals surface area contributed by atoms with Crippen LogP contribution in [0.1, 0.15) is 34.7 Å². The van der Waals surface area contributed by atoms with Crippen LogP contribution in [0, 0.1) is 0 Å². The van der Waals surface area contributed by atoms with Gasteiger partial charge in [-0.3, -0.25) is 4.79 Å². The first kappa shape index (κ1) is 27.2. The van der Waals surface area contributed by atoms with Crippen molar-refractivity contribution in [3.05, 3.63) is 58.2 Å². The summed E-state index contributed by atoms with van der Waals surface area (Å²) < 4.78 is 99.5. The number of ether oxygens (including phenoxy) is 2. The van der Waals surface area contributed by atoms with E-state index in [2.05, 4.69) is 45.8 Å². The third-order valence-electron chi connectivity index (χ3n) is 4.38. The van der Waals surface area contributed by atoms with Crippen LogP contribution in [0.15, 0.2) is 41.3 Å². The van der Waals surface area contributed by atoms with Crippen molar-refractivity contribution in [3.8, 4) is 17.3 Å². The smallest absolute Gasteiger partial charge is 0.416 e. The maximum Gasteiger partial charge on any atom is 0.416 e. The number of alkyl halides is 7. The Morgan fingerprint density at radius 3 is 2.44 bits per heavy atom. The standard InChI is InChI=1S/C20H15BrF7N5O3/c1-9(16-31-18(21)32-33(16)15-3-2-12(7-29-15)36-19(24)25)30-17(34)10-4-11(20(26,27)28)6-13(5-10)35-8-14(22)23/h2-7,9,14,19H,8H2,1H3,(H,30,34). The zero-order chi connectivity index (χ0) is 26.6. The molecule has 1 unspecified atom stereocenters. The summed E-state index contributed by atoms with van der Waals surface area (Å²) in [6, 6.07) is 3.46. The molecule has 3 rings (SSSR count). The Morgan fingerprint density at radius 2 is 1.86 bits per heavy atom. The number of hydrogen-bond donors (Lipinski definition) is 1. The van der Waals surface area contributed by atoms with Gasteiger partial charge in [0.25, 0.3) is 12.3 Å². The van der Waals surface area contributed by atoms with Crippen molar-refractivity contribution in [2.75, 3.05) is 6.61 Å². The number of pyridine rings is 1. The molecule has 0 aliphatic heterocycles. The number of nitrogens with zero attached hydrogens (tertiary/aromatic N) is 4. The first-order chi connectivity index (χ1) is 16.8. The van der Waals surface area contributed by atoms with Crippen LogP contribution in [0.5, 0.6) is 11.5 Å². The SMILES string of the molecule is CC(NC(=O)c1cc(OCC(F)F)cc(C(F)(F)F)c1)c1nc(Br)nn1-c1ccc(OC(F)F)cn1. The van der Waals surface area contributed by atoms with Crippen molar-refractivity contribution >= 4 is 21.8 Å². The number of halogens is 8. The minimum Gasteiger partial charge on any atom is -0.488 e. The van der Waals surface area contributed by atoms with Crippen LogP contribution >= 0.6 is 15.9 Å². The van der Waals surface area contributed by atoms with E-state index in [-0.39, 0.29) is 22.1 Å². The summed E-state index contributed by atoms with van der Waals surface area (Å²) in [7, 11) is 0. The van der Waals surface area contributed by atoms with Gasteiger partial charge in [0.1, 0.15) is 18.1 Å². The van der Waals surface area contributed by atoms with E-state index in [0.29, 0.717) is 12.1 Å². The molecule has 1 N–H and O–H groups in total. The third-order valence-corrected chi connectivity index (χ3v) is 4.71. The summed E-state index contributed by atoms with van der Waals surface area (Å²) in [5.41, 5.74) is -1.77. The van der Waals surface area contributed by atoms with Crippen LogP contribution in [0.25, 0.3) is 5.82 Å². The lowest BCUT2D eigenvalue weighted by molar-refractivity contribution is -0.137. The summed E-state index contributed by atoms with van der Waals surface area (Å²) in [5, 5.41) is 6.49. The Labute approximate surface area is 206 Å². The predicted molar refractivity (Wildman–Crippen MR) is 112 cm³/mol. The quantitative estimate of drug-likeness (QED) is 0.348. The highest BCUT2D eigenvalue weighted by Gasteiger charge is 2.32. The largest absolute Gasteiger partial charge is 0.488 e. The molecule has 0 fully saturated rings. The van der Waals surface area contributed by atoms with E-state index in [4.69, 9.17) is 0 Å². The van der Waals surface area contributed by atoms with Crippen LogP contribution in [-0.4, -0.2) is 45.3 Å². The lowest BCUT2D eigenvalue weighted by atomic mass is 10.1. The van der Waals surface area contributed by atoms with Gasteiger partial charge in [0.2, 0.25) is 4.73 Å². The molecule has 0 spiro atoms. The minimum absolute atomic E-state index is 0.0649. The molecule has 2 aromatic heterocycles. The number of rotatable bonds is 9. The Hall–Kier alpha value is -3.43. The van der Waals surface area contributed by atoms with Gasteiger partial charge in [-0.2, -0.15) is 26.6 Å². The molecule has 0 saturated carbocycles. The fraction of sp³-hybridized carbons (Fsp3) is 0.300. The van der Waals surface area contributed by atoms with Crippen LogP contribution in [0.4, 0.5) is 30.7 Å². The second-order valence-corrected chi connectivity index (χ2v) is 7.73. The van der Waals surface area contributed by atoms with Crippen LogP contribution in [0.3, 0.4) is 0 Å². The number of carbonyl (C=O) groups is 1. The molecule has 16 heteroatoms. The number of nitrogens with one attached hydrogen (secondary N) is 1. The number of hydrogen-bond acceptors (Lipinski definition) is 6. The fourth-order valence-electron chi connectivity index (χ4n) is 2.90. The van der Waals surface area contributed by atoms with E-state index in [1.165, 1.54) is 19.1 Å². The van der Waals surface area contributed by atoms with Crippen LogP contribution in [-0.2, 0) is 6.18 Å². The highest BCUT2D eigenvalue weighted by molar-refractivity contribution is 9.10. The van der Waals surface area contributed by atoms with Gasteiger partial charge in [-0.25, -0.2) is 18.7 Å². The van der Waals surface area contributed by atoms with Gasteiger partial charge in [-0.1, -0.05) is 0 Å². The lowest BCUT2D eigenvalue weighted by Gasteiger charge is -2.16. The van der Waals surface area contributed by atoms with Crippen molar-refractivity contribution in [3.63, 3.8) is 0 Å². The summed E-state index contributed by atoms with van der Waals surface area (Å²) in [6.45, 7) is -2.77. The Bertz CT molecular complexity index is 1210. The third kappa shape index (κ3) is 7.05. The molecule has 3 aromatic rings. The summed E-state index contributed by atoms with van der Waals surface area (Å²) in [6.07, 6.45) is -6.80. The maximum atomic E-state index is 13.3. The van der Waals surface area contributed by atoms with E-state index in [0.717, 1.165) is 16.9 Å². The molecule has 0 aliphatic rings. The molecule has 1 atom stereocenters. The summed E-state index contributed by atoms with van der Waals surface area (Å²) in [5.74, 6) is -1.59. The van der Waals surface area contributed by atoms with Gasteiger partial charge in [0.15, 0.2) is 11.6 Å². The van der Waals surface area contributed by atoms with E-state index in [9.17, 15) is 35.5 Å². The van der Waals surface area contributed by atoms with E-state index >= 15 is 0 Å². The number of aromatic nitrogens is 4. The van der Waals surface area contributed by atoms with Crippen molar-refractivity contribution in [2.24, 2.45) is 0 Å². The number of carbonyl (C=O) groups excluding carboxylic acids is 1. The molecule has 8 nitrogen and oxygen atoms in total. The van der Waals surface area contributed by atoms with Gasteiger partial charge in [0, 0.05) is 5.56 Å². The van der Waals surface area contributed by atoms with Crippen molar-refractivity contribution in [1.82, 2.24) is 25.1 Å². The van der Waals surface area contributed by atoms with Gasteiger partial charge in [-0.05, 0) is 53.2 Å². The Balaban J connectivity index is 1.85. The highest BCUT2D eigenvalue weighted by Crippen LogP contribution is 2.33. The number of benzene rings is 1. The van der Waals surface area contributed by atoms with E-state index < -0.39 is 54.6 Å². The average Bonchev–Trinajstić information content (AvgIpc) is 3.18. The van der Waals surface area contributed by atoms with Gasteiger partial charge in [-0.15, -0.1) is 5.10 Å². The second-order valence-electron chi connectivity index (χ2n) is 7.02. The highest BCUT2D eigenvalue weighted by atomic mass is 79.9. The normalized spacial score (nSPS) is 12.6. The topological polar surface area (TPSA) is 91.2 Å².